The van der Waals surface area contributed by atoms with Crippen molar-refractivity contribution in [2.24, 2.45) is 5.92 Å². The molecule has 6 heteroatoms. The molecule has 0 saturated carbocycles. The number of benzene rings is 1. The highest BCUT2D eigenvalue weighted by Gasteiger charge is 2.27. The van der Waals surface area contributed by atoms with Crippen LogP contribution in [0.1, 0.15) is 23.2 Å². The highest BCUT2D eigenvalue weighted by molar-refractivity contribution is 6.43. The third-order valence-corrected chi connectivity index (χ3v) is 4.23. The number of amides is 1. The minimum Gasteiger partial charge on any atom is -0.397 e. The van der Waals surface area contributed by atoms with Gasteiger partial charge in [0.2, 0.25) is 0 Å². The van der Waals surface area contributed by atoms with Crippen LogP contribution in [0, 0.1) is 5.92 Å². The van der Waals surface area contributed by atoms with Crippen LogP contribution in [0.3, 0.4) is 0 Å². The Hall–Kier alpha value is -0.970. The Morgan fingerprint density at radius 3 is 2.84 bits per heavy atom. The second kappa shape index (κ2) is 5.99. The molecule has 104 valence electrons. The second-order valence-electron chi connectivity index (χ2n) is 4.78. The number of carbonyl (C=O) groups excluding carboxylic acids is 1. The monoisotopic (exact) mass is 302 g/mol. The maximum Gasteiger partial charge on any atom is 0.253 e. The van der Waals surface area contributed by atoms with E-state index in [0.717, 1.165) is 12.8 Å². The van der Waals surface area contributed by atoms with Gasteiger partial charge in [-0.15, -0.1) is 0 Å². The van der Waals surface area contributed by atoms with Crippen LogP contribution in [0.5, 0.6) is 0 Å². The molecule has 1 amide bonds. The lowest BCUT2D eigenvalue weighted by molar-refractivity contribution is 0.0785. The number of aliphatic hydroxyl groups is 1. The molecule has 1 saturated heterocycles. The minimum absolute atomic E-state index is 0.0919. The molecule has 1 aromatic rings. The van der Waals surface area contributed by atoms with E-state index in [2.05, 4.69) is 0 Å². The van der Waals surface area contributed by atoms with E-state index in [-0.39, 0.29) is 22.6 Å². The van der Waals surface area contributed by atoms with Gasteiger partial charge >= 0.3 is 0 Å². The van der Waals surface area contributed by atoms with Gasteiger partial charge in [-0.1, -0.05) is 23.2 Å². The molecule has 1 fully saturated rings. The fourth-order valence-corrected chi connectivity index (χ4v) is 2.69. The van der Waals surface area contributed by atoms with Gasteiger partial charge in [0, 0.05) is 25.3 Å². The normalized spacial score (nSPS) is 18.9. The average Bonchev–Trinajstić information content (AvgIpc) is 2.83. The molecule has 1 heterocycles. The van der Waals surface area contributed by atoms with Crippen LogP contribution in [0.4, 0.5) is 5.69 Å². The van der Waals surface area contributed by atoms with Crippen molar-refractivity contribution in [1.82, 2.24) is 4.90 Å². The summed E-state index contributed by atoms with van der Waals surface area (Å²) in [5, 5.41) is 9.48. The number of rotatable bonds is 3. The molecule has 4 nitrogen and oxygen atoms in total. The van der Waals surface area contributed by atoms with Crippen LogP contribution in [0.2, 0.25) is 10.0 Å². The number of carbonyl (C=O) groups is 1. The molecule has 0 aromatic heterocycles. The van der Waals surface area contributed by atoms with E-state index in [1.807, 2.05) is 0 Å². The van der Waals surface area contributed by atoms with Crippen LogP contribution in [0.15, 0.2) is 12.1 Å². The molecule has 3 N–H and O–H groups in total. The zero-order valence-electron chi connectivity index (χ0n) is 10.4. The number of aliphatic hydroxyl groups excluding tert-OH is 1. The fourth-order valence-electron chi connectivity index (χ4n) is 2.35. The van der Waals surface area contributed by atoms with Gasteiger partial charge in [-0.25, -0.2) is 0 Å². The summed E-state index contributed by atoms with van der Waals surface area (Å²) in [6.07, 6.45) is 1.65. The lowest BCUT2D eigenvalue weighted by Gasteiger charge is -2.17. The Morgan fingerprint density at radius 2 is 2.21 bits per heavy atom. The summed E-state index contributed by atoms with van der Waals surface area (Å²) in [4.78, 5) is 14.1. The summed E-state index contributed by atoms with van der Waals surface area (Å²) in [5.41, 5.74) is 6.48. The van der Waals surface area contributed by atoms with Crippen molar-refractivity contribution in [1.29, 1.82) is 0 Å². The van der Waals surface area contributed by atoms with Gasteiger partial charge < -0.3 is 15.7 Å². The number of likely N-dealkylation sites (tertiary alicyclic amines) is 1. The second-order valence-corrected chi connectivity index (χ2v) is 5.56. The van der Waals surface area contributed by atoms with Crippen molar-refractivity contribution >= 4 is 34.8 Å². The van der Waals surface area contributed by atoms with E-state index < -0.39 is 0 Å². The third kappa shape index (κ3) is 3.14. The highest BCUT2D eigenvalue weighted by atomic mass is 35.5. The number of nitrogen functional groups attached to an aromatic ring is 1. The molecule has 1 aromatic carbocycles. The molecule has 1 unspecified atom stereocenters. The minimum atomic E-state index is -0.0919. The summed E-state index contributed by atoms with van der Waals surface area (Å²) in [7, 11) is 0. The maximum absolute atomic E-state index is 12.3. The van der Waals surface area contributed by atoms with Gasteiger partial charge in [-0.05, 0) is 30.9 Å². The number of anilines is 1. The SMILES string of the molecule is Nc1cc(C(=O)N2CCC(CCO)C2)cc(Cl)c1Cl. The third-order valence-electron chi connectivity index (χ3n) is 3.41. The molecule has 2 rings (SSSR count). The molecule has 0 bridgehead atoms. The van der Waals surface area contributed by atoms with Gasteiger partial charge in [-0.3, -0.25) is 4.79 Å². The summed E-state index contributed by atoms with van der Waals surface area (Å²) in [6.45, 7) is 1.52. The first kappa shape index (κ1) is 14.4. The standard InChI is InChI=1S/C13H16Cl2N2O2/c14-10-5-9(6-11(16)12(10)15)13(19)17-3-1-8(7-17)2-4-18/h5-6,8,18H,1-4,7,16H2. The first-order valence-corrected chi connectivity index (χ1v) is 6.93. The Morgan fingerprint density at radius 1 is 1.47 bits per heavy atom. The number of nitrogens with two attached hydrogens (primary N) is 1. The predicted molar refractivity (Wildman–Crippen MR) is 76.6 cm³/mol. The topological polar surface area (TPSA) is 66.6 Å². The number of nitrogens with zero attached hydrogens (tertiary/aromatic N) is 1. The Bertz CT molecular complexity index is 471. The summed E-state index contributed by atoms with van der Waals surface area (Å²) < 4.78 is 0. The largest absolute Gasteiger partial charge is 0.397 e. The smallest absolute Gasteiger partial charge is 0.253 e. The number of halogens is 2. The first-order valence-electron chi connectivity index (χ1n) is 6.17. The summed E-state index contributed by atoms with van der Waals surface area (Å²) in [5.74, 6) is 0.278. The van der Waals surface area contributed by atoms with Gasteiger partial charge in [-0.2, -0.15) is 0 Å². The van der Waals surface area contributed by atoms with Crippen molar-refractivity contribution < 1.29 is 9.90 Å². The van der Waals surface area contributed by atoms with Crippen molar-refractivity contribution in [3.05, 3.63) is 27.7 Å². The molecular formula is C13H16Cl2N2O2. The summed E-state index contributed by atoms with van der Waals surface area (Å²) >= 11 is 11.8. The van der Waals surface area contributed by atoms with Crippen LogP contribution in [0.25, 0.3) is 0 Å². The fraction of sp³-hybridized carbons (Fsp3) is 0.462. The first-order chi connectivity index (χ1) is 9.02. The van der Waals surface area contributed by atoms with E-state index >= 15 is 0 Å². The predicted octanol–water partition coefficient (Wildman–Crippen LogP) is 2.42. The zero-order chi connectivity index (χ0) is 14.0. The molecule has 1 aliphatic heterocycles. The van der Waals surface area contributed by atoms with Crippen LogP contribution in [-0.4, -0.2) is 35.6 Å². The quantitative estimate of drug-likeness (QED) is 0.843. The van der Waals surface area contributed by atoms with Gasteiger partial charge in [0.25, 0.3) is 5.91 Å². The van der Waals surface area contributed by atoms with Crippen molar-refractivity contribution in [2.75, 3.05) is 25.4 Å². The lowest BCUT2D eigenvalue weighted by atomic mass is 10.1. The molecule has 0 aliphatic carbocycles. The molecule has 19 heavy (non-hydrogen) atoms. The number of hydrogen-bond donors (Lipinski definition) is 2. The van der Waals surface area contributed by atoms with E-state index in [1.165, 1.54) is 0 Å². The average molecular weight is 303 g/mol. The Labute approximate surface area is 122 Å². The molecule has 0 radical (unpaired) electrons. The van der Waals surface area contributed by atoms with E-state index in [9.17, 15) is 4.79 Å². The van der Waals surface area contributed by atoms with Crippen LogP contribution < -0.4 is 5.73 Å². The van der Waals surface area contributed by atoms with Crippen molar-refractivity contribution in [3.63, 3.8) is 0 Å². The maximum atomic E-state index is 12.3. The van der Waals surface area contributed by atoms with E-state index in [0.29, 0.717) is 30.3 Å². The van der Waals surface area contributed by atoms with Crippen LogP contribution in [-0.2, 0) is 0 Å². The van der Waals surface area contributed by atoms with Gasteiger partial charge in [0.15, 0.2) is 0 Å². The Kier molecular flexibility index (Phi) is 4.55. The van der Waals surface area contributed by atoms with Crippen molar-refractivity contribution in [2.45, 2.75) is 12.8 Å². The zero-order valence-corrected chi connectivity index (χ0v) is 11.9. The highest BCUT2D eigenvalue weighted by Crippen LogP contribution is 2.30. The lowest BCUT2D eigenvalue weighted by Crippen LogP contribution is -2.28. The molecule has 0 spiro atoms. The van der Waals surface area contributed by atoms with Crippen molar-refractivity contribution in [3.8, 4) is 0 Å². The van der Waals surface area contributed by atoms with E-state index in [1.54, 1.807) is 17.0 Å². The summed E-state index contributed by atoms with van der Waals surface area (Å²) in [6, 6.07) is 3.10. The van der Waals surface area contributed by atoms with Gasteiger partial charge in [0.05, 0.1) is 15.7 Å². The molecule has 1 aliphatic rings. The van der Waals surface area contributed by atoms with Gasteiger partial charge in [0.1, 0.15) is 0 Å². The number of hydrogen-bond acceptors (Lipinski definition) is 3. The molecule has 1 atom stereocenters. The van der Waals surface area contributed by atoms with Crippen LogP contribution >= 0.6 is 23.2 Å². The molecular weight excluding hydrogens is 287 g/mol. The Balaban J connectivity index is 2.13. The van der Waals surface area contributed by atoms with E-state index in [4.69, 9.17) is 34.0 Å².